The first-order chi connectivity index (χ1) is 11.9. The standard InChI is InChI=1S/C18H20F3N3O2/c1-10(22-16(26)14-9-15(25)24-11(2)23-14)12-5-7-13(8-6-12)17(3,4)18(19,20)21/h5-10H,1-4H3,(H,22,26)(H,23,24,25)/t10-/m1/s1. The van der Waals surface area contributed by atoms with Gasteiger partial charge >= 0.3 is 6.18 Å². The number of halogens is 3. The molecule has 1 amide bonds. The van der Waals surface area contributed by atoms with E-state index < -0.39 is 29.1 Å². The summed E-state index contributed by atoms with van der Waals surface area (Å²) in [6.45, 7) is 5.49. The SMILES string of the molecule is Cc1nc(C(=O)N[C@H](C)c2ccc(C(C)(C)C(F)(F)F)cc2)cc(=O)[nH]1. The lowest BCUT2D eigenvalue weighted by Crippen LogP contribution is -2.36. The number of nitrogens with one attached hydrogen (secondary N) is 2. The van der Waals surface area contributed by atoms with Gasteiger partial charge in [0.25, 0.3) is 11.5 Å². The number of carbonyl (C=O) groups excluding carboxylic acids is 1. The van der Waals surface area contributed by atoms with Crippen LogP contribution in [0.3, 0.4) is 0 Å². The highest BCUT2D eigenvalue weighted by Crippen LogP contribution is 2.40. The molecule has 1 aromatic carbocycles. The van der Waals surface area contributed by atoms with Gasteiger partial charge < -0.3 is 10.3 Å². The van der Waals surface area contributed by atoms with Crippen LogP contribution in [0.25, 0.3) is 0 Å². The van der Waals surface area contributed by atoms with Crippen LogP contribution in [0.15, 0.2) is 35.1 Å². The largest absolute Gasteiger partial charge is 0.397 e. The fraction of sp³-hybridized carbons (Fsp3) is 0.389. The summed E-state index contributed by atoms with van der Waals surface area (Å²) >= 11 is 0. The lowest BCUT2D eigenvalue weighted by Gasteiger charge is -2.28. The van der Waals surface area contributed by atoms with Gasteiger partial charge in [-0.15, -0.1) is 0 Å². The minimum Gasteiger partial charge on any atom is -0.344 e. The van der Waals surface area contributed by atoms with E-state index in [2.05, 4.69) is 15.3 Å². The van der Waals surface area contributed by atoms with Gasteiger partial charge in [-0.1, -0.05) is 24.3 Å². The molecule has 0 unspecified atom stereocenters. The Balaban J connectivity index is 2.16. The molecule has 8 heteroatoms. The number of aromatic nitrogens is 2. The van der Waals surface area contributed by atoms with Gasteiger partial charge in [0, 0.05) is 6.07 Å². The van der Waals surface area contributed by atoms with Gasteiger partial charge in [-0.05, 0) is 38.8 Å². The van der Waals surface area contributed by atoms with Crippen LogP contribution in [0, 0.1) is 6.92 Å². The van der Waals surface area contributed by atoms with Crippen molar-refractivity contribution in [3.8, 4) is 0 Å². The second kappa shape index (κ2) is 6.93. The Morgan fingerprint density at radius 3 is 2.27 bits per heavy atom. The topological polar surface area (TPSA) is 74.8 Å². The average molecular weight is 367 g/mol. The highest BCUT2D eigenvalue weighted by molar-refractivity contribution is 5.92. The summed E-state index contributed by atoms with van der Waals surface area (Å²) in [6.07, 6.45) is -4.36. The third kappa shape index (κ3) is 4.12. The summed E-state index contributed by atoms with van der Waals surface area (Å²) in [4.78, 5) is 30.0. The quantitative estimate of drug-likeness (QED) is 0.870. The van der Waals surface area contributed by atoms with Crippen LogP contribution in [0.5, 0.6) is 0 Å². The van der Waals surface area contributed by atoms with Gasteiger partial charge in [0.15, 0.2) is 0 Å². The molecule has 0 spiro atoms. The maximum Gasteiger partial charge on any atom is 0.397 e. The number of hydrogen-bond acceptors (Lipinski definition) is 3. The molecule has 0 saturated heterocycles. The molecule has 0 aliphatic heterocycles. The highest BCUT2D eigenvalue weighted by atomic mass is 19.4. The van der Waals surface area contributed by atoms with Crippen molar-refractivity contribution in [1.29, 1.82) is 0 Å². The fourth-order valence-corrected chi connectivity index (χ4v) is 2.40. The molecule has 5 nitrogen and oxygen atoms in total. The van der Waals surface area contributed by atoms with E-state index in [0.29, 0.717) is 11.4 Å². The van der Waals surface area contributed by atoms with Crippen molar-refractivity contribution in [2.24, 2.45) is 0 Å². The van der Waals surface area contributed by atoms with Crippen molar-refractivity contribution in [1.82, 2.24) is 15.3 Å². The first-order valence-electron chi connectivity index (χ1n) is 7.98. The predicted molar refractivity (Wildman–Crippen MR) is 91.0 cm³/mol. The zero-order valence-corrected chi connectivity index (χ0v) is 14.9. The van der Waals surface area contributed by atoms with E-state index in [-0.39, 0.29) is 11.3 Å². The van der Waals surface area contributed by atoms with Crippen LogP contribution in [-0.2, 0) is 5.41 Å². The third-order valence-electron chi connectivity index (χ3n) is 4.28. The summed E-state index contributed by atoms with van der Waals surface area (Å²) in [7, 11) is 0. The molecule has 0 bridgehead atoms. The van der Waals surface area contributed by atoms with E-state index in [0.717, 1.165) is 19.9 Å². The van der Waals surface area contributed by atoms with Crippen LogP contribution >= 0.6 is 0 Å². The van der Waals surface area contributed by atoms with E-state index >= 15 is 0 Å². The lowest BCUT2D eigenvalue weighted by atomic mass is 9.83. The number of aromatic amines is 1. The molecule has 2 aromatic rings. The molecule has 1 atom stereocenters. The molecule has 1 heterocycles. The van der Waals surface area contributed by atoms with E-state index in [1.807, 2.05) is 0 Å². The Kier molecular flexibility index (Phi) is 5.25. The van der Waals surface area contributed by atoms with Crippen molar-refractivity contribution in [3.63, 3.8) is 0 Å². The van der Waals surface area contributed by atoms with Gasteiger partial charge in [-0.2, -0.15) is 13.2 Å². The monoisotopic (exact) mass is 367 g/mol. The van der Waals surface area contributed by atoms with Crippen LogP contribution < -0.4 is 10.9 Å². The summed E-state index contributed by atoms with van der Waals surface area (Å²) in [5, 5.41) is 2.68. The molecule has 140 valence electrons. The fourth-order valence-electron chi connectivity index (χ4n) is 2.40. The molecule has 0 fully saturated rings. The van der Waals surface area contributed by atoms with E-state index in [1.165, 1.54) is 12.1 Å². The smallest absolute Gasteiger partial charge is 0.344 e. The first-order valence-corrected chi connectivity index (χ1v) is 7.98. The van der Waals surface area contributed by atoms with Crippen LogP contribution in [0.4, 0.5) is 13.2 Å². The number of alkyl halides is 3. The predicted octanol–water partition coefficient (Wildman–Crippen LogP) is 3.41. The Hall–Kier alpha value is -2.64. The number of nitrogens with zero attached hydrogens (tertiary/aromatic N) is 1. The number of hydrogen-bond donors (Lipinski definition) is 2. The number of H-pyrrole nitrogens is 1. The van der Waals surface area contributed by atoms with Gasteiger partial charge in [0.05, 0.1) is 11.5 Å². The average Bonchev–Trinajstić information content (AvgIpc) is 2.52. The summed E-state index contributed by atoms with van der Waals surface area (Å²) in [6, 6.07) is 6.52. The van der Waals surface area contributed by atoms with Crippen molar-refractivity contribution in [2.75, 3.05) is 0 Å². The van der Waals surface area contributed by atoms with Crippen molar-refractivity contribution in [2.45, 2.75) is 45.3 Å². The lowest BCUT2D eigenvalue weighted by molar-refractivity contribution is -0.180. The van der Waals surface area contributed by atoms with Crippen molar-refractivity contribution < 1.29 is 18.0 Å². The van der Waals surface area contributed by atoms with E-state index in [1.54, 1.807) is 26.0 Å². The molecular weight excluding hydrogens is 347 g/mol. The molecular formula is C18H20F3N3O2. The number of rotatable bonds is 4. The second-order valence-electron chi connectivity index (χ2n) is 6.66. The summed E-state index contributed by atoms with van der Waals surface area (Å²) < 4.78 is 39.3. The van der Waals surface area contributed by atoms with Crippen LogP contribution in [0.2, 0.25) is 0 Å². The van der Waals surface area contributed by atoms with Gasteiger partial charge in [-0.3, -0.25) is 9.59 Å². The van der Waals surface area contributed by atoms with Gasteiger partial charge in [-0.25, -0.2) is 4.98 Å². The Morgan fingerprint density at radius 2 is 1.77 bits per heavy atom. The summed E-state index contributed by atoms with van der Waals surface area (Å²) in [5.41, 5.74) is -1.65. The minimum atomic E-state index is -4.36. The summed E-state index contributed by atoms with van der Waals surface area (Å²) in [5.74, 6) is -0.222. The number of benzene rings is 1. The number of aryl methyl sites for hydroxylation is 1. The van der Waals surface area contributed by atoms with E-state index in [9.17, 15) is 22.8 Å². The normalized spacial score (nSPS) is 13.3. The molecule has 0 aliphatic carbocycles. The highest BCUT2D eigenvalue weighted by Gasteiger charge is 2.48. The molecule has 2 N–H and O–H groups in total. The maximum atomic E-state index is 13.1. The molecule has 2 rings (SSSR count). The molecule has 0 saturated carbocycles. The molecule has 0 radical (unpaired) electrons. The zero-order chi connectivity index (χ0) is 19.7. The zero-order valence-electron chi connectivity index (χ0n) is 14.9. The Bertz CT molecular complexity index is 855. The maximum absolute atomic E-state index is 13.1. The van der Waals surface area contributed by atoms with Crippen LogP contribution in [0.1, 0.15) is 54.3 Å². The molecule has 26 heavy (non-hydrogen) atoms. The minimum absolute atomic E-state index is 0.0204. The third-order valence-corrected chi connectivity index (χ3v) is 4.28. The molecule has 0 aliphatic rings. The van der Waals surface area contributed by atoms with Crippen LogP contribution in [-0.4, -0.2) is 22.1 Å². The van der Waals surface area contributed by atoms with Crippen molar-refractivity contribution in [3.05, 3.63) is 63.3 Å². The molecule has 1 aromatic heterocycles. The van der Waals surface area contributed by atoms with Crippen molar-refractivity contribution >= 4 is 5.91 Å². The second-order valence-corrected chi connectivity index (χ2v) is 6.66. The van der Waals surface area contributed by atoms with Gasteiger partial charge in [0.2, 0.25) is 0 Å². The van der Waals surface area contributed by atoms with Gasteiger partial charge in [0.1, 0.15) is 11.5 Å². The Labute approximate surface area is 148 Å². The Morgan fingerprint density at radius 1 is 1.19 bits per heavy atom. The van der Waals surface area contributed by atoms with E-state index in [4.69, 9.17) is 0 Å². The first kappa shape index (κ1) is 19.7. The number of amides is 1. The number of carbonyl (C=O) groups is 1.